The molecule has 0 aliphatic heterocycles. The van der Waals surface area contributed by atoms with Gasteiger partial charge in [0.15, 0.2) is 0 Å². The van der Waals surface area contributed by atoms with Crippen LogP contribution in [0.1, 0.15) is 31.1 Å². The van der Waals surface area contributed by atoms with Crippen molar-refractivity contribution in [3.05, 3.63) is 34.9 Å². The van der Waals surface area contributed by atoms with Crippen molar-refractivity contribution in [2.45, 2.75) is 36.3 Å². The Bertz CT molecular complexity index is 480. The van der Waals surface area contributed by atoms with Crippen LogP contribution in [0.5, 0.6) is 0 Å². The summed E-state index contributed by atoms with van der Waals surface area (Å²) in [6.07, 6.45) is -0.851. The lowest BCUT2D eigenvalue weighted by molar-refractivity contribution is 0.0922. The van der Waals surface area contributed by atoms with E-state index in [1.165, 1.54) is 0 Å². The molecule has 1 aromatic rings. The van der Waals surface area contributed by atoms with Crippen molar-refractivity contribution >= 4 is 52.3 Å². The number of carbonyl (C=O) groups is 1. The molecular formula is C13H16Cl4N2O. The average molecular weight is 358 g/mol. The number of hydrogen-bond donors (Lipinski definition) is 2. The Hall–Kier alpha value is -0.190. The van der Waals surface area contributed by atoms with Gasteiger partial charge >= 0.3 is 0 Å². The first-order valence-electron chi connectivity index (χ1n) is 5.90. The Labute approximate surface area is 138 Å². The SMILES string of the molecule is CC(C)(C)N[C@@H](NC(=O)c1ccccc1Cl)C(Cl)(Cl)Cl. The molecule has 0 bridgehead atoms. The predicted octanol–water partition coefficient (Wildman–Crippen LogP) is 4.15. The predicted molar refractivity (Wildman–Crippen MR) is 85.9 cm³/mol. The number of halogens is 4. The van der Waals surface area contributed by atoms with Gasteiger partial charge in [0.1, 0.15) is 6.17 Å². The molecule has 0 heterocycles. The van der Waals surface area contributed by atoms with Gasteiger partial charge in [0.25, 0.3) is 5.91 Å². The molecule has 1 amide bonds. The summed E-state index contributed by atoms with van der Waals surface area (Å²) in [4.78, 5) is 12.2. The molecule has 0 aliphatic carbocycles. The molecule has 3 nitrogen and oxygen atoms in total. The van der Waals surface area contributed by atoms with E-state index in [4.69, 9.17) is 46.4 Å². The van der Waals surface area contributed by atoms with Crippen LogP contribution in [-0.4, -0.2) is 21.4 Å². The number of amides is 1. The molecule has 20 heavy (non-hydrogen) atoms. The molecule has 1 aromatic carbocycles. The molecule has 0 saturated heterocycles. The minimum Gasteiger partial charge on any atom is -0.333 e. The van der Waals surface area contributed by atoms with Crippen molar-refractivity contribution in [3.8, 4) is 0 Å². The molecule has 1 rings (SSSR count). The standard InChI is InChI=1S/C13H16Cl4N2O/c1-12(2,3)19-11(13(15,16)17)18-10(20)8-6-4-5-7-9(8)14/h4-7,11,19H,1-3H3,(H,18,20)/t11-/m1/s1. The number of nitrogens with one attached hydrogen (secondary N) is 2. The minimum absolute atomic E-state index is 0.323. The Morgan fingerprint density at radius 2 is 1.70 bits per heavy atom. The van der Waals surface area contributed by atoms with E-state index in [1.54, 1.807) is 24.3 Å². The summed E-state index contributed by atoms with van der Waals surface area (Å²) in [6.45, 7) is 5.70. The highest BCUT2D eigenvalue weighted by atomic mass is 35.6. The zero-order valence-electron chi connectivity index (χ0n) is 11.3. The molecule has 0 aliphatic rings. The fourth-order valence-electron chi connectivity index (χ4n) is 1.49. The lowest BCUT2D eigenvalue weighted by atomic mass is 10.1. The molecular weight excluding hydrogens is 342 g/mol. The van der Waals surface area contributed by atoms with Gasteiger partial charge in [-0.05, 0) is 32.9 Å². The van der Waals surface area contributed by atoms with Crippen molar-refractivity contribution < 1.29 is 4.79 Å². The summed E-state index contributed by atoms with van der Waals surface area (Å²) in [5.74, 6) is -0.413. The van der Waals surface area contributed by atoms with Gasteiger partial charge in [-0.3, -0.25) is 10.1 Å². The second-order valence-corrected chi connectivity index (χ2v) is 8.10. The number of carbonyl (C=O) groups excluding carboxylic acids is 1. The van der Waals surface area contributed by atoms with E-state index in [0.717, 1.165) is 0 Å². The largest absolute Gasteiger partial charge is 0.333 e. The number of benzene rings is 1. The summed E-state index contributed by atoms with van der Waals surface area (Å²) in [5.41, 5.74) is -0.0216. The first kappa shape index (κ1) is 17.9. The maximum Gasteiger partial charge on any atom is 0.254 e. The highest BCUT2D eigenvalue weighted by Crippen LogP contribution is 2.30. The van der Waals surface area contributed by atoms with Gasteiger partial charge in [0, 0.05) is 5.54 Å². The van der Waals surface area contributed by atoms with Crippen LogP contribution in [0, 0.1) is 0 Å². The highest BCUT2D eigenvalue weighted by molar-refractivity contribution is 6.68. The van der Waals surface area contributed by atoms with Gasteiger partial charge in [-0.15, -0.1) is 0 Å². The van der Waals surface area contributed by atoms with Crippen LogP contribution in [0.2, 0.25) is 5.02 Å². The topological polar surface area (TPSA) is 41.1 Å². The maximum absolute atomic E-state index is 12.2. The van der Waals surface area contributed by atoms with Crippen LogP contribution >= 0.6 is 46.4 Å². The van der Waals surface area contributed by atoms with Gasteiger partial charge in [-0.1, -0.05) is 58.5 Å². The van der Waals surface area contributed by atoms with E-state index >= 15 is 0 Å². The van der Waals surface area contributed by atoms with E-state index in [2.05, 4.69) is 10.6 Å². The summed E-state index contributed by atoms with van der Waals surface area (Å²) >= 11 is 23.7. The van der Waals surface area contributed by atoms with Gasteiger partial charge in [0.2, 0.25) is 3.79 Å². The Balaban J connectivity index is 2.91. The van der Waals surface area contributed by atoms with Crippen LogP contribution in [0.15, 0.2) is 24.3 Å². The molecule has 112 valence electrons. The van der Waals surface area contributed by atoms with E-state index in [9.17, 15) is 4.79 Å². The number of hydrogen-bond acceptors (Lipinski definition) is 2. The van der Waals surface area contributed by atoms with E-state index < -0.39 is 15.9 Å². The van der Waals surface area contributed by atoms with Gasteiger partial charge in [0.05, 0.1) is 10.6 Å². The van der Waals surface area contributed by atoms with Crippen molar-refractivity contribution in [2.24, 2.45) is 0 Å². The second kappa shape index (κ2) is 6.71. The maximum atomic E-state index is 12.2. The van der Waals surface area contributed by atoms with Crippen LogP contribution in [-0.2, 0) is 0 Å². The fraction of sp³-hybridized carbons (Fsp3) is 0.462. The third-order valence-corrected chi connectivity index (χ3v) is 3.28. The zero-order chi connectivity index (χ0) is 15.6. The van der Waals surface area contributed by atoms with Crippen LogP contribution in [0.4, 0.5) is 0 Å². The van der Waals surface area contributed by atoms with Crippen LogP contribution in [0.3, 0.4) is 0 Å². The van der Waals surface area contributed by atoms with E-state index in [1.807, 2.05) is 20.8 Å². The molecule has 0 radical (unpaired) electrons. The quantitative estimate of drug-likeness (QED) is 0.630. The lowest BCUT2D eigenvalue weighted by Crippen LogP contribution is -2.58. The zero-order valence-corrected chi connectivity index (χ0v) is 14.3. The Morgan fingerprint density at radius 3 is 2.15 bits per heavy atom. The summed E-state index contributed by atoms with van der Waals surface area (Å²) in [7, 11) is 0. The van der Waals surface area contributed by atoms with E-state index in [0.29, 0.717) is 10.6 Å². The molecule has 0 fully saturated rings. The van der Waals surface area contributed by atoms with Crippen LogP contribution in [0.25, 0.3) is 0 Å². The molecule has 0 spiro atoms. The number of rotatable bonds is 3. The highest BCUT2D eigenvalue weighted by Gasteiger charge is 2.36. The third kappa shape index (κ3) is 5.66. The molecule has 2 N–H and O–H groups in total. The summed E-state index contributed by atoms with van der Waals surface area (Å²) in [5, 5.41) is 6.02. The molecule has 7 heteroatoms. The molecule has 0 saturated carbocycles. The van der Waals surface area contributed by atoms with Crippen molar-refractivity contribution in [2.75, 3.05) is 0 Å². The van der Waals surface area contributed by atoms with Gasteiger partial charge < -0.3 is 5.32 Å². The monoisotopic (exact) mass is 356 g/mol. The minimum atomic E-state index is -1.69. The Morgan fingerprint density at radius 1 is 1.15 bits per heavy atom. The first-order valence-corrected chi connectivity index (χ1v) is 7.42. The molecule has 0 unspecified atom stereocenters. The molecule has 0 aromatic heterocycles. The lowest BCUT2D eigenvalue weighted by Gasteiger charge is -2.33. The average Bonchev–Trinajstić information content (AvgIpc) is 2.25. The normalized spacial score (nSPS) is 13.9. The first-order chi connectivity index (χ1) is 9.00. The Kier molecular flexibility index (Phi) is 6.00. The second-order valence-electron chi connectivity index (χ2n) is 5.32. The number of alkyl halides is 3. The van der Waals surface area contributed by atoms with Crippen molar-refractivity contribution in [1.29, 1.82) is 0 Å². The third-order valence-electron chi connectivity index (χ3n) is 2.30. The van der Waals surface area contributed by atoms with Gasteiger partial charge in [-0.2, -0.15) is 0 Å². The summed E-state index contributed by atoms with van der Waals surface area (Å²) in [6, 6.07) is 6.67. The molecule has 1 atom stereocenters. The van der Waals surface area contributed by atoms with Crippen LogP contribution < -0.4 is 10.6 Å². The van der Waals surface area contributed by atoms with Gasteiger partial charge in [-0.25, -0.2) is 0 Å². The van der Waals surface area contributed by atoms with E-state index in [-0.39, 0.29) is 5.54 Å². The van der Waals surface area contributed by atoms with Crippen molar-refractivity contribution in [1.82, 2.24) is 10.6 Å². The smallest absolute Gasteiger partial charge is 0.254 e. The summed E-state index contributed by atoms with van der Waals surface area (Å²) < 4.78 is -1.69. The fourth-order valence-corrected chi connectivity index (χ4v) is 2.04. The van der Waals surface area contributed by atoms with Crippen molar-refractivity contribution in [3.63, 3.8) is 0 Å².